The Morgan fingerprint density at radius 2 is 1.14 bits per heavy atom. The number of nitrogens with one attached hydrogen (secondary N) is 2. The van der Waals surface area contributed by atoms with Crippen molar-refractivity contribution in [2.45, 2.75) is 308 Å². The molecule has 8 unspecified atom stereocenters. The SMILES string of the molecule is CC(C)CCC[C@@H](C)C1CCC2C3CC=C4CC(C(C(=O)O)C(C)(C)C(=O)N(CCCNC(=O)OC(C)(C)C)CCCNC(=O)OC(C)(C)C)CCC4C3CCC21.CC(C)CCC[C@@H](C)[C@H]1CC[C@H]2[C@@H]3CC=C4C[C@@H](OC(=O)CCC(=O)N(CCCN)CCCN)CC[C@]4(C)[C@H]3CC[C@]12C.Cl.Cl. The van der Waals surface area contributed by atoms with Gasteiger partial charge >= 0.3 is 24.1 Å². The van der Waals surface area contributed by atoms with Crippen LogP contribution in [0.25, 0.3) is 0 Å². The van der Waals surface area contributed by atoms with Crippen LogP contribution in [0.15, 0.2) is 23.3 Å². The second-order valence-corrected chi connectivity index (χ2v) is 37.1. The van der Waals surface area contributed by atoms with Crippen LogP contribution in [0, 0.1) is 111 Å². The number of halogens is 2. The molecule has 0 radical (unpaired) electrons. The Bertz CT molecular complexity index is 2680. The minimum absolute atomic E-state index is 0. The van der Waals surface area contributed by atoms with Gasteiger partial charge in [-0.25, -0.2) is 9.59 Å². The topological polar surface area (TPSA) is 233 Å². The van der Waals surface area contributed by atoms with E-state index >= 15 is 0 Å². The highest BCUT2D eigenvalue weighted by atomic mass is 35.5. The fourth-order valence-corrected chi connectivity index (χ4v) is 21.8. The number of hydrogen-bond acceptors (Lipinski definition) is 11. The molecule has 18 heteroatoms. The number of fused-ring (bicyclic) bond motifs is 10. The Kier molecular flexibility index (Phi) is 34.9. The van der Waals surface area contributed by atoms with Crippen molar-refractivity contribution in [1.29, 1.82) is 0 Å². The van der Waals surface area contributed by atoms with Crippen molar-refractivity contribution >= 4 is 60.8 Å². The maximum absolute atomic E-state index is 14.5. The van der Waals surface area contributed by atoms with Gasteiger partial charge < -0.3 is 51.2 Å². The van der Waals surface area contributed by atoms with Crippen LogP contribution in [0.5, 0.6) is 0 Å². The predicted octanol–water partition coefficient (Wildman–Crippen LogP) is 18.3. The fourth-order valence-electron chi connectivity index (χ4n) is 21.8. The average Bonchev–Trinajstić information content (AvgIpc) is 1.42. The number of carboxylic acid groups (broad SMARTS) is 1. The van der Waals surface area contributed by atoms with E-state index in [9.17, 15) is 33.9 Å². The molecule has 8 rings (SSSR count). The van der Waals surface area contributed by atoms with E-state index < -0.39 is 40.7 Å². The van der Waals surface area contributed by atoms with Crippen molar-refractivity contribution in [2.24, 2.45) is 122 Å². The molecule has 0 aromatic rings. The first-order valence-corrected chi connectivity index (χ1v) is 40.8. The first-order chi connectivity index (χ1) is 47.1. The van der Waals surface area contributed by atoms with Gasteiger partial charge in [0.1, 0.15) is 17.3 Å². The van der Waals surface area contributed by atoms with Gasteiger partial charge in [-0.2, -0.15) is 0 Å². The van der Waals surface area contributed by atoms with Crippen molar-refractivity contribution < 1.29 is 48.1 Å². The second-order valence-electron chi connectivity index (χ2n) is 37.1. The van der Waals surface area contributed by atoms with E-state index in [1.165, 1.54) is 102 Å². The first kappa shape index (κ1) is 89.0. The van der Waals surface area contributed by atoms with Gasteiger partial charge in [0, 0.05) is 52.1 Å². The maximum atomic E-state index is 14.5. The summed E-state index contributed by atoms with van der Waals surface area (Å²) in [5.41, 5.74) is 12.6. The largest absolute Gasteiger partial charge is 0.481 e. The van der Waals surface area contributed by atoms with E-state index in [4.69, 9.17) is 25.7 Å². The number of carboxylic acids is 1. The second kappa shape index (κ2) is 40.0. The zero-order chi connectivity index (χ0) is 73.5. The van der Waals surface area contributed by atoms with E-state index in [1.807, 2.05) is 0 Å². The minimum atomic E-state index is -1.17. The summed E-state index contributed by atoms with van der Waals surface area (Å²) in [4.78, 5) is 81.5. The summed E-state index contributed by atoms with van der Waals surface area (Å²) in [7, 11) is 0. The van der Waals surface area contributed by atoms with Gasteiger partial charge in [0.25, 0.3) is 0 Å². The lowest BCUT2D eigenvalue weighted by atomic mass is 9.47. The zero-order valence-corrected chi connectivity index (χ0v) is 68.5. The monoisotopic (exact) mass is 1470 g/mol. The third-order valence-corrected chi connectivity index (χ3v) is 26.6. The lowest BCUT2D eigenvalue weighted by molar-refractivity contribution is -0.160. The molecule has 102 heavy (non-hydrogen) atoms. The molecular weight excluding hydrogens is 1320 g/mol. The molecule has 17 atom stereocenters. The number of ether oxygens (including phenoxy) is 3. The van der Waals surface area contributed by atoms with Gasteiger partial charge in [-0.1, -0.05) is 131 Å². The van der Waals surface area contributed by atoms with Crippen molar-refractivity contribution in [1.82, 2.24) is 20.4 Å². The van der Waals surface area contributed by atoms with E-state index in [2.05, 4.69) is 78.2 Å². The molecule has 6 fully saturated rings. The normalized spacial score (nSPS) is 29.6. The molecule has 0 aliphatic heterocycles. The predicted molar refractivity (Wildman–Crippen MR) is 417 cm³/mol. The molecule has 7 N–H and O–H groups in total. The summed E-state index contributed by atoms with van der Waals surface area (Å²) in [5, 5.41) is 16.4. The molecule has 8 aliphatic carbocycles. The van der Waals surface area contributed by atoms with Crippen molar-refractivity contribution in [3.63, 3.8) is 0 Å². The Morgan fingerprint density at radius 1 is 0.578 bits per heavy atom. The van der Waals surface area contributed by atoms with Gasteiger partial charge in [-0.05, 0) is 276 Å². The average molecular weight is 1470 g/mol. The third kappa shape index (κ3) is 23.9. The van der Waals surface area contributed by atoms with Crippen molar-refractivity contribution in [3.8, 4) is 0 Å². The number of alkyl carbamates (subject to hydrolysis) is 2. The number of allylic oxidation sites excluding steroid dienone is 3. The summed E-state index contributed by atoms with van der Waals surface area (Å²) in [5.74, 6) is 8.87. The highest BCUT2D eigenvalue weighted by molar-refractivity contribution is 5.88. The van der Waals surface area contributed by atoms with Crippen LogP contribution in [-0.4, -0.2) is 121 Å². The molecule has 0 aromatic carbocycles. The van der Waals surface area contributed by atoms with E-state index in [1.54, 1.807) is 70.8 Å². The highest BCUT2D eigenvalue weighted by Gasteiger charge is 2.60. The number of carbonyl (C=O) groups excluding carboxylic acids is 5. The summed E-state index contributed by atoms with van der Waals surface area (Å²) >= 11 is 0. The van der Waals surface area contributed by atoms with E-state index in [-0.39, 0.29) is 72.9 Å². The van der Waals surface area contributed by atoms with Crippen LogP contribution < -0.4 is 22.1 Å². The van der Waals surface area contributed by atoms with Gasteiger partial charge in [0.2, 0.25) is 11.8 Å². The smallest absolute Gasteiger partial charge is 0.407 e. The maximum Gasteiger partial charge on any atom is 0.407 e. The lowest BCUT2D eigenvalue weighted by Crippen LogP contribution is -2.51. The molecule has 16 nitrogen and oxygen atoms in total. The van der Waals surface area contributed by atoms with Gasteiger partial charge in [-0.15, -0.1) is 24.8 Å². The van der Waals surface area contributed by atoms with Gasteiger partial charge in [0.15, 0.2) is 0 Å². The molecule has 6 saturated carbocycles. The van der Waals surface area contributed by atoms with Crippen LogP contribution in [0.4, 0.5) is 9.59 Å². The lowest BCUT2D eigenvalue weighted by Gasteiger charge is -2.58. The van der Waals surface area contributed by atoms with E-state index in [0.29, 0.717) is 82.5 Å². The number of nitrogens with zero attached hydrogens (tertiary/aromatic N) is 2. The fraction of sp³-hybridized carbons (Fsp3) is 0.881. The molecule has 0 spiro atoms. The molecule has 588 valence electrons. The molecule has 0 heterocycles. The first-order valence-electron chi connectivity index (χ1n) is 40.8. The molecule has 8 aliphatic rings. The van der Waals surface area contributed by atoms with Gasteiger partial charge in [-0.3, -0.25) is 19.2 Å². The summed E-state index contributed by atoms with van der Waals surface area (Å²) in [6.07, 6.45) is 33.9. The summed E-state index contributed by atoms with van der Waals surface area (Å²) < 4.78 is 16.7. The van der Waals surface area contributed by atoms with Crippen LogP contribution in [-0.2, 0) is 33.4 Å². The van der Waals surface area contributed by atoms with Crippen LogP contribution in [0.3, 0.4) is 0 Å². The third-order valence-electron chi connectivity index (χ3n) is 26.6. The Morgan fingerprint density at radius 3 is 1.71 bits per heavy atom. The zero-order valence-electron chi connectivity index (χ0n) is 66.9. The minimum Gasteiger partial charge on any atom is -0.481 e. The molecule has 0 saturated heterocycles. The number of carbonyl (C=O) groups is 6. The van der Waals surface area contributed by atoms with Crippen molar-refractivity contribution in [3.05, 3.63) is 23.3 Å². The quantitative estimate of drug-likeness (QED) is 0.0183. The number of aliphatic carboxylic acids is 1. The molecular formula is C84H148Cl2N6O10. The van der Waals surface area contributed by atoms with E-state index in [0.717, 1.165) is 129 Å². The number of rotatable bonds is 32. The van der Waals surface area contributed by atoms with Crippen molar-refractivity contribution in [2.75, 3.05) is 52.4 Å². The highest BCUT2D eigenvalue weighted by Crippen LogP contribution is 2.68. The number of esters is 1. The van der Waals surface area contributed by atoms with Crippen LogP contribution >= 0.6 is 24.8 Å². The van der Waals surface area contributed by atoms with Gasteiger partial charge in [0.05, 0.1) is 17.8 Å². The number of amides is 4. The number of nitrogens with two attached hydrogens (primary N) is 2. The Hall–Kier alpha value is -3.60. The standard InChI is InChI=1S/C47H81N3O7.C37H65N3O3.2ClH/c1-30(2)15-12-16-31(3)34-21-22-39-36(34)23-24-37-35-19-18-33(29-32(35)17-20-38(37)39)40(41(51)52)47(10,11)42(53)50(27-13-25-48-43(54)56-45(4,5)6)28-14-26-49-44(55)57-46(7,8)9;1-26(2)9-6-10-27(3)31-13-14-32-30-12-11-28-25-29(17-19-36(28,4)33(30)18-20-37(31,32)5)43-35(42)16-15-34(41)40(23-7-21-38)24-8-22-39;;/h17,30-31,33-40H,12-16,18-29H2,1-11H3,(H,48,54)(H,49,55)(H,51,52);11,26-27,29-33H,6-10,12-25,38-39H2,1-5H3;2*1H/t31-,33?,34?,35?,36?,37?,38?,39?,40?;27-,29+,30+,31-,32+,33+,36+,37-;;/m11../s1. The molecule has 0 bridgehead atoms. The summed E-state index contributed by atoms with van der Waals surface area (Å²) in [6.45, 7) is 37.7. The number of hydrogen-bond donors (Lipinski definition) is 5. The Labute approximate surface area is 631 Å². The molecule has 0 aromatic heterocycles. The Balaban J connectivity index is 0.000000373. The molecule has 4 amide bonds. The van der Waals surface area contributed by atoms with Crippen LogP contribution in [0.1, 0.15) is 291 Å². The summed E-state index contributed by atoms with van der Waals surface area (Å²) in [6, 6.07) is 0. The van der Waals surface area contributed by atoms with Crippen LogP contribution in [0.2, 0.25) is 0 Å².